The third-order valence-corrected chi connectivity index (χ3v) is 9.25. The van der Waals surface area contributed by atoms with Crippen LogP contribution in [-0.2, 0) is 17.1 Å². The fourth-order valence-corrected chi connectivity index (χ4v) is 6.58. The van der Waals surface area contributed by atoms with Crippen molar-refractivity contribution in [2.24, 2.45) is 5.41 Å². The Morgan fingerprint density at radius 3 is 2.13 bits per heavy atom. The zero-order valence-electron chi connectivity index (χ0n) is 27.1. The summed E-state index contributed by atoms with van der Waals surface area (Å²) >= 11 is 0. The second-order valence-corrected chi connectivity index (χ2v) is 12.9. The summed E-state index contributed by atoms with van der Waals surface area (Å²) in [6.45, 7) is 2.81. The van der Waals surface area contributed by atoms with Crippen LogP contribution >= 0.6 is 0 Å². The first-order chi connectivity index (χ1) is 24.2. The molecular weight excluding hydrogens is 713 g/mol. The molecule has 278 valence electrons. The quantitative estimate of drug-likeness (QED) is 0.172. The van der Waals surface area contributed by atoms with E-state index in [-0.39, 0.29) is 28.6 Å². The zero-order chi connectivity index (χ0) is 37.8. The topological polar surface area (TPSA) is 131 Å². The first kappa shape index (κ1) is 36.7. The van der Waals surface area contributed by atoms with E-state index < -0.39 is 70.7 Å². The summed E-state index contributed by atoms with van der Waals surface area (Å²) in [6, 6.07) is 5.69. The molecule has 2 atom stereocenters. The molecule has 0 aliphatic carbocycles. The van der Waals surface area contributed by atoms with Gasteiger partial charge in [0.15, 0.2) is 0 Å². The molecule has 1 spiro atoms. The maximum absolute atomic E-state index is 14.9. The molecule has 2 aromatic heterocycles. The predicted octanol–water partition coefficient (Wildman–Crippen LogP) is 6.97. The van der Waals surface area contributed by atoms with Gasteiger partial charge in [-0.1, -0.05) is 12.1 Å². The molecule has 4 N–H and O–H groups in total. The SMILES string of the molecule is Cc1ccn(-c2cc(-c3cc(C(F)(F)F)cc(C(F)(F)F)c3)ccc2[C@@H](Oc2cc(N3CCC4(CC3)CNC(C(=O)O)C4)nc(N)n2)C(F)(F)F)n1. The molecule has 10 nitrogen and oxygen atoms in total. The molecule has 2 aliphatic heterocycles. The minimum atomic E-state index is -5.15. The highest BCUT2D eigenvalue weighted by Crippen LogP contribution is 2.44. The Labute approximate surface area is 289 Å². The number of alkyl halides is 9. The number of aromatic nitrogens is 4. The van der Waals surface area contributed by atoms with Crippen LogP contribution < -0.4 is 20.7 Å². The van der Waals surface area contributed by atoms with Gasteiger partial charge in [0.25, 0.3) is 0 Å². The lowest BCUT2D eigenvalue weighted by Gasteiger charge is -2.39. The number of rotatable bonds is 7. The Balaban J connectivity index is 1.36. The van der Waals surface area contributed by atoms with Gasteiger partial charge in [-0.25, -0.2) is 4.68 Å². The number of carboxylic acids is 1. The van der Waals surface area contributed by atoms with Gasteiger partial charge in [0.05, 0.1) is 22.5 Å². The smallest absolute Gasteiger partial charge is 0.429 e. The second-order valence-electron chi connectivity index (χ2n) is 12.9. The van der Waals surface area contributed by atoms with Crippen molar-refractivity contribution < 1.29 is 54.2 Å². The maximum Gasteiger partial charge on any atom is 0.429 e. The number of anilines is 2. The highest BCUT2D eigenvalue weighted by atomic mass is 19.4. The van der Waals surface area contributed by atoms with Crippen molar-refractivity contribution in [3.05, 3.63) is 77.1 Å². The van der Waals surface area contributed by atoms with Gasteiger partial charge in [0.1, 0.15) is 11.9 Å². The summed E-state index contributed by atoms with van der Waals surface area (Å²) < 4.78 is 133. The maximum atomic E-state index is 14.9. The molecule has 2 saturated heterocycles. The number of nitrogens with zero attached hydrogens (tertiary/aromatic N) is 5. The molecule has 0 radical (unpaired) electrons. The van der Waals surface area contributed by atoms with E-state index >= 15 is 0 Å². The summed E-state index contributed by atoms with van der Waals surface area (Å²) in [6.07, 6.45) is -15.4. The van der Waals surface area contributed by atoms with Gasteiger partial charge in [-0.2, -0.15) is 54.6 Å². The summed E-state index contributed by atoms with van der Waals surface area (Å²) in [4.78, 5) is 21.2. The summed E-state index contributed by atoms with van der Waals surface area (Å²) in [5.41, 5.74) is 1.05. The van der Waals surface area contributed by atoms with E-state index in [0.29, 0.717) is 56.7 Å². The van der Waals surface area contributed by atoms with Crippen LogP contribution in [0.2, 0.25) is 0 Å². The lowest BCUT2D eigenvalue weighted by atomic mass is 9.76. The van der Waals surface area contributed by atoms with Crippen molar-refractivity contribution in [2.45, 2.75) is 56.9 Å². The number of benzene rings is 2. The zero-order valence-corrected chi connectivity index (χ0v) is 27.1. The summed E-state index contributed by atoms with van der Waals surface area (Å²) in [7, 11) is 0. The molecule has 0 amide bonds. The Hall–Kier alpha value is -5.07. The van der Waals surface area contributed by atoms with E-state index in [1.165, 1.54) is 25.3 Å². The number of ether oxygens (including phenoxy) is 1. The molecule has 6 rings (SSSR count). The molecule has 1 unspecified atom stereocenters. The number of hydrogen-bond donors (Lipinski definition) is 3. The number of aryl methyl sites for hydroxylation is 1. The van der Waals surface area contributed by atoms with Crippen LogP contribution in [0.1, 0.15) is 47.8 Å². The third-order valence-electron chi connectivity index (χ3n) is 9.25. The first-order valence-corrected chi connectivity index (χ1v) is 15.8. The molecule has 4 aromatic rings. The summed E-state index contributed by atoms with van der Waals surface area (Å²) in [5, 5.41) is 16.5. The van der Waals surface area contributed by atoms with E-state index in [0.717, 1.165) is 22.9 Å². The minimum Gasteiger partial charge on any atom is -0.480 e. The van der Waals surface area contributed by atoms with Crippen molar-refractivity contribution in [3.63, 3.8) is 0 Å². The molecule has 4 heterocycles. The van der Waals surface area contributed by atoms with Crippen LogP contribution in [0.4, 0.5) is 51.3 Å². The Morgan fingerprint density at radius 2 is 1.60 bits per heavy atom. The highest BCUT2D eigenvalue weighted by molar-refractivity contribution is 5.74. The normalized spacial score (nSPS) is 18.5. The minimum absolute atomic E-state index is 0.0482. The van der Waals surface area contributed by atoms with E-state index in [1.807, 2.05) is 0 Å². The molecule has 2 aromatic carbocycles. The van der Waals surface area contributed by atoms with Crippen LogP contribution in [0.5, 0.6) is 5.88 Å². The number of carboxylic acid groups (broad SMARTS) is 1. The van der Waals surface area contributed by atoms with Crippen molar-refractivity contribution in [1.82, 2.24) is 25.1 Å². The highest BCUT2D eigenvalue weighted by Gasteiger charge is 2.46. The van der Waals surface area contributed by atoms with Gasteiger partial charge in [0.2, 0.25) is 17.9 Å². The first-order valence-electron chi connectivity index (χ1n) is 15.8. The molecule has 19 heteroatoms. The monoisotopic (exact) mass is 743 g/mol. The van der Waals surface area contributed by atoms with Crippen LogP contribution in [-0.4, -0.2) is 62.7 Å². The van der Waals surface area contributed by atoms with Gasteiger partial charge in [-0.15, -0.1) is 0 Å². The molecule has 2 aliphatic rings. The fraction of sp³-hybridized carbons (Fsp3) is 0.394. The number of nitrogens with one attached hydrogen (secondary N) is 1. The average molecular weight is 744 g/mol. The van der Waals surface area contributed by atoms with Crippen LogP contribution in [0.3, 0.4) is 0 Å². The molecule has 0 saturated carbocycles. The van der Waals surface area contributed by atoms with Gasteiger partial charge >= 0.3 is 24.5 Å². The third kappa shape index (κ3) is 7.73. The van der Waals surface area contributed by atoms with Crippen molar-refractivity contribution >= 4 is 17.7 Å². The molecular formula is C33H30F9N7O3. The van der Waals surface area contributed by atoms with Crippen molar-refractivity contribution in [1.29, 1.82) is 0 Å². The van der Waals surface area contributed by atoms with Gasteiger partial charge in [-0.05, 0) is 73.1 Å². The van der Waals surface area contributed by atoms with E-state index in [4.69, 9.17) is 10.5 Å². The van der Waals surface area contributed by atoms with Gasteiger partial charge < -0.3 is 25.8 Å². The van der Waals surface area contributed by atoms with Crippen LogP contribution in [0, 0.1) is 12.3 Å². The Kier molecular flexibility index (Phi) is 9.29. The van der Waals surface area contributed by atoms with E-state index in [9.17, 15) is 49.4 Å². The van der Waals surface area contributed by atoms with Crippen LogP contribution in [0.15, 0.2) is 54.7 Å². The number of hydrogen-bond acceptors (Lipinski definition) is 8. The number of aliphatic carboxylic acids is 1. The standard InChI is InChI=1S/C33H30F9N7O3/c1-17-4-7-49(47-17)24-12-18(19-10-20(31(34,35)36)13-21(11-19)32(37,38)39)2-3-22(24)27(33(40,41)42)52-26-14-25(45-29(43)46-26)48-8-5-30(6-9-48)15-23(28(50)51)44-16-30/h2-4,7,10-14,23,27,44H,5-6,8-9,15-16H2,1H3,(H,50,51)(H2,43,45,46)/t23?,27-/m1/s1. The predicted molar refractivity (Wildman–Crippen MR) is 168 cm³/mol. The number of carbonyl (C=O) groups is 1. The molecule has 52 heavy (non-hydrogen) atoms. The number of piperidine rings is 1. The van der Waals surface area contributed by atoms with Gasteiger partial charge in [-0.3, -0.25) is 4.79 Å². The largest absolute Gasteiger partial charge is 0.480 e. The van der Waals surface area contributed by atoms with E-state index in [2.05, 4.69) is 20.4 Å². The number of halogens is 9. The molecule has 2 fully saturated rings. The average Bonchev–Trinajstić information content (AvgIpc) is 3.68. The van der Waals surface area contributed by atoms with E-state index in [1.54, 1.807) is 4.90 Å². The Morgan fingerprint density at radius 1 is 0.942 bits per heavy atom. The number of nitrogen functional groups attached to an aromatic ring is 1. The van der Waals surface area contributed by atoms with Crippen LogP contribution in [0.25, 0.3) is 16.8 Å². The summed E-state index contributed by atoms with van der Waals surface area (Å²) in [5.74, 6) is -1.73. The van der Waals surface area contributed by atoms with Crippen molar-refractivity contribution in [3.8, 4) is 22.7 Å². The van der Waals surface area contributed by atoms with Gasteiger partial charge in [0, 0.05) is 37.5 Å². The Bertz CT molecular complexity index is 1940. The lowest BCUT2D eigenvalue weighted by Crippen LogP contribution is -2.41. The van der Waals surface area contributed by atoms with Crippen molar-refractivity contribution in [2.75, 3.05) is 30.3 Å². The molecule has 0 bridgehead atoms. The lowest BCUT2D eigenvalue weighted by molar-refractivity contribution is -0.198. The second kappa shape index (κ2) is 13.2. The fourth-order valence-electron chi connectivity index (χ4n) is 6.58. The number of nitrogens with two attached hydrogens (primary N) is 1.